The summed E-state index contributed by atoms with van der Waals surface area (Å²) >= 11 is 1.76. The van der Waals surface area contributed by atoms with Crippen molar-refractivity contribution >= 4 is 47.2 Å². The Morgan fingerprint density at radius 1 is 1.28 bits per heavy atom. The number of nitrogens with one attached hydrogen (secondary N) is 1. The van der Waals surface area contributed by atoms with Gasteiger partial charge in [-0.05, 0) is 32.4 Å². The average molecular weight is 411 g/mol. The molecule has 0 aromatic carbocycles. The Kier molecular flexibility index (Phi) is 8.91. The van der Waals surface area contributed by atoms with E-state index in [-0.39, 0.29) is 30.7 Å². The van der Waals surface area contributed by atoms with Crippen LogP contribution in [0.1, 0.15) is 24.6 Å². The van der Waals surface area contributed by atoms with Gasteiger partial charge in [0.1, 0.15) is 5.60 Å². The second kappa shape index (κ2) is 9.92. The molecule has 0 saturated carbocycles. The van der Waals surface area contributed by atoms with E-state index in [0.717, 1.165) is 63.7 Å². The second-order valence-corrected chi connectivity index (χ2v) is 7.28. The zero-order valence-corrected chi connectivity index (χ0v) is 17.3. The average Bonchev–Trinajstić information content (AvgIpc) is 3.11. The maximum Gasteiger partial charge on any atom is 0.255 e. The molecule has 0 bridgehead atoms. The number of nitrogens with zero attached hydrogens (tertiary/aromatic N) is 3. The van der Waals surface area contributed by atoms with E-state index in [2.05, 4.69) is 22.1 Å². The first-order valence-corrected chi connectivity index (χ1v) is 9.25. The van der Waals surface area contributed by atoms with Gasteiger partial charge < -0.3 is 19.9 Å². The lowest BCUT2D eigenvalue weighted by atomic mass is 9.90. The third-order valence-electron chi connectivity index (χ3n) is 4.92. The molecule has 0 spiro atoms. The van der Waals surface area contributed by atoms with Crippen molar-refractivity contribution in [3.63, 3.8) is 0 Å². The Morgan fingerprint density at radius 2 is 1.92 bits per heavy atom. The van der Waals surface area contributed by atoms with Gasteiger partial charge in [-0.3, -0.25) is 4.79 Å². The SMILES string of the molecule is CCc1cnc(N2CCN(C(=O)C3(OC)CCNCC3)CC2)s1.Cl.Cl. The molecule has 1 amide bonds. The number of piperidine rings is 1. The van der Waals surface area contributed by atoms with Gasteiger partial charge in [-0.25, -0.2) is 4.98 Å². The summed E-state index contributed by atoms with van der Waals surface area (Å²) in [5, 5.41) is 4.38. The van der Waals surface area contributed by atoms with Gasteiger partial charge in [-0.15, -0.1) is 36.2 Å². The first kappa shape index (κ1) is 22.4. The highest BCUT2D eigenvalue weighted by molar-refractivity contribution is 7.15. The first-order chi connectivity index (χ1) is 11.2. The largest absolute Gasteiger partial charge is 0.368 e. The van der Waals surface area contributed by atoms with Gasteiger partial charge in [0.2, 0.25) is 0 Å². The van der Waals surface area contributed by atoms with Crippen LogP contribution in [0.4, 0.5) is 5.13 Å². The number of methoxy groups -OCH3 is 1. The van der Waals surface area contributed by atoms with Crippen LogP contribution in [0, 0.1) is 0 Å². The molecule has 25 heavy (non-hydrogen) atoms. The predicted molar refractivity (Wildman–Crippen MR) is 107 cm³/mol. The summed E-state index contributed by atoms with van der Waals surface area (Å²) in [6.07, 6.45) is 4.51. The fourth-order valence-electron chi connectivity index (χ4n) is 3.33. The number of ether oxygens (including phenoxy) is 1. The number of amides is 1. The number of aromatic nitrogens is 1. The number of carbonyl (C=O) groups is 1. The van der Waals surface area contributed by atoms with Crippen LogP contribution in [0.2, 0.25) is 0 Å². The van der Waals surface area contributed by atoms with Crippen LogP contribution in [0.5, 0.6) is 0 Å². The molecule has 0 atom stereocenters. The summed E-state index contributed by atoms with van der Waals surface area (Å²) in [6, 6.07) is 0. The Balaban J connectivity index is 0.00000156. The number of hydrogen-bond donors (Lipinski definition) is 1. The van der Waals surface area contributed by atoms with E-state index in [9.17, 15) is 4.79 Å². The maximum absolute atomic E-state index is 12.9. The third kappa shape index (κ3) is 4.77. The van der Waals surface area contributed by atoms with Crippen LogP contribution in [0.15, 0.2) is 6.20 Å². The van der Waals surface area contributed by atoms with Gasteiger partial charge >= 0.3 is 0 Å². The quantitative estimate of drug-likeness (QED) is 0.821. The van der Waals surface area contributed by atoms with Crippen LogP contribution in [-0.4, -0.2) is 67.8 Å². The summed E-state index contributed by atoms with van der Waals surface area (Å²) in [6.45, 7) is 7.03. The summed E-state index contributed by atoms with van der Waals surface area (Å²) in [7, 11) is 1.67. The molecule has 2 aliphatic heterocycles. The number of hydrogen-bond acceptors (Lipinski definition) is 6. The van der Waals surface area contributed by atoms with Crippen molar-refractivity contribution in [3.8, 4) is 0 Å². The molecule has 0 unspecified atom stereocenters. The molecule has 2 aliphatic rings. The van der Waals surface area contributed by atoms with Crippen molar-refractivity contribution in [3.05, 3.63) is 11.1 Å². The van der Waals surface area contributed by atoms with E-state index in [0.29, 0.717) is 0 Å². The number of rotatable bonds is 4. The molecule has 144 valence electrons. The molecular weight excluding hydrogens is 383 g/mol. The van der Waals surface area contributed by atoms with Gasteiger partial charge in [-0.2, -0.15) is 0 Å². The van der Waals surface area contributed by atoms with Crippen LogP contribution in [-0.2, 0) is 16.0 Å². The van der Waals surface area contributed by atoms with Gasteiger partial charge in [0, 0.05) is 44.4 Å². The lowest BCUT2D eigenvalue weighted by molar-refractivity contribution is -0.158. The van der Waals surface area contributed by atoms with Gasteiger partial charge in [0.15, 0.2) is 5.13 Å². The third-order valence-corrected chi connectivity index (χ3v) is 6.12. The molecule has 6 nitrogen and oxygen atoms in total. The molecule has 9 heteroatoms. The highest BCUT2D eigenvalue weighted by Gasteiger charge is 2.43. The predicted octanol–water partition coefficient (Wildman–Crippen LogP) is 1.97. The molecule has 0 aliphatic carbocycles. The van der Waals surface area contributed by atoms with E-state index in [1.165, 1.54) is 4.88 Å². The zero-order chi connectivity index (χ0) is 16.3. The van der Waals surface area contributed by atoms with Crippen LogP contribution in [0.25, 0.3) is 0 Å². The van der Waals surface area contributed by atoms with Gasteiger partial charge in [0.05, 0.1) is 0 Å². The summed E-state index contributed by atoms with van der Waals surface area (Å²) < 4.78 is 5.67. The highest BCUT2D eigenvalue weighted by atomic mass is 35.5. The number of piperazine rings is 1. The first-order valence-electron chi connectivity index (χ1n) is 8.43. The van der Waals surface area contributed by atoms with Gasteiger partial charge in [0.25, 0.3) is 5.91 Å². The number of aryl methyl sites for hydroxylation is 1. The lowest BCUT2D eigenvalue weighted by Crippen LogP contribution is -2.59. The summed E-state index contributed by atoms with van der Waals surface area (Å²) in [4.78, 5) is 23.0. The molecule has 0 radical (unpaired) electrons. The molecule has 2 saturated heterocycles. The van der Waals surface area contributed by atoms with Crippen molar-refractivity contribution in [2.24, 2.45) is 0 Å². The van der Waals surface area contributed by atoms with Crippen molar-refractivity contribution < 1.29 is 9.53 Å². The number of anilines is 1. The fraction of sp³-hybridized carbons (Fsp3) is 0.750. The molecule has 1 aromatic rings. The molecule has 1 N–H and O–H groups in total. The Hall–Kier alpha value is -0.600. The number of carbonyl (C=O) groups excluding carboxylic acids is 1. The van der Waals surface area contributed by atoms with Crippen molar-refractivity contribution in [2.45, 2.75) is 31.8 Å². The van der Waals surface area contributed by atoms with Crippen LogP contribution in [0.3, 0.4) is 0 Å². The van der Waals surface area contributed by atoms with E-state index in [1.807, 2.05) is 11.1 Å². The standard InChI is InChI=1S/C16H26N4O2S.2ClH/c1-3-13-12-18-15(23-13)20-10-8-19(9-11-20)14(21)16(22-2)4-6-17-7-5-16;;/h12,17H,3-11H2,1-2H3;2*1H. The van der Waals surface area contributed by atoms with Crippen LogP contribution < -0.4 is 10.2 Å². The molecule has 3 heterocycles. The van der Waals surface area contributed by atoms with E-state index in [1.54, 1.807) is 18.4 Å². The fourth-order valence-corrected chi connectivity index (χ4v) is 4.23. The summed E-state index contributed by atoms with van der Waals surface area (Å²) in [5.41, 5.74) is -0.621. The zero-order valence-electron chi connectivity index (χ0n) is 14.8. The van der Waals surface area contributed by atoms with Crippen molar-refractivity contribution in [2.75, 3.05) is 51.3 Å². The van der Waals surface area contributed by atoms with E-state index in [4.69, 9.17) is 4.74 Å². The monoisotopic (exact) mass is 410 g/mol. The van der Waals surface area contributed by atoms with Gasteiger partial charge in [-0.1, -0.05) is 6.92 Å². The number of thiazole rings is 1. The minimum absolute atomic E-state index is 0. The molecular formula is C16H28Cl2N4O2S. The van der Waals surface area contributed by atoms with E-state index >= 15 is 0 Å². The maximum atomic E-state index is 12.9. The smallest absolute Gasteiger partial charge is 0.255 e. The molecule has 2 fully saturated rings. The van der Waals surface area contributed by atoms with E-state index < -0.39 is 5.60 Å². The van der Waals surface area contributed by atoms with Crippen LogP contribution >= 0.6 is 36.2 Å². The lowest BCUT2D eigenvalue weighted by Gasteiger charge is -2.42. The normalized spacial score (nSPS) is 19.8. The summed E-state index contributed by atoms with van der Waals surface area (Å²) in [5.74, 6) is 0.162. The highest BCUT2D eigenvalue weighted by Crippen LogP contribution is 2.28. The topological polar surface area (TPSA) is 57.7 Å². The minimum Gasteiger partial charge on any atom is -0.368 e. The molecule has 1 aromatic heterocycles. The Morgan fingerprint density at radius 3 is 2.44 bits per heavy atom. The van der Waals surface area contributed by atoms with Crippen molar-refractivity contribution in [1.82, 2.24) is 15.2 Å². The second-order valence-electron chi connectivity index (χ2n) is 6.19. The molecule has 3 rings (SSSR count). The minimum atomic E-state index is -0.621. The Bertz CT molecular complexity index is 544. The van der Waals surface area contributed by atoms with Crippen molar-refractivity contribution in [1.29, 1.82) is 0 Å². The Labute approximate surface area is 166 Å². The number of halogens is 2.